The summed E-state index contributed by atoms with van der Waals surface area (Å²) in [6.45, 7) is 4.10. The predicted molar refractivity (Wildman–Crippen MR) is 85.4 cm³/mol. The highest BCUT2D eigenvalue weighted by Crippen LogP contribution is 2.36. The third kappa shape index (κ3) is 3.58. The van der Waals surface area contributed by atoms with Crippen molar-refractivity contribution >= 4 is 21.8 Å². The molecule has 2 saturated heterocycles. The zero-order valence-corrected chi connectivity index (χ0v) is 13.7. The fourth-order valence-electron chi connectivity index (χ4n) is 3.22. The molecule has 2 aliphatic heterocycles. The van der Waals surface area contributed by atoms with Crippen LogP contribution < -0.4 is 10.1 Å². The van der Waals surface area contributed by atoms with E-state index in [4.69, 9.17) is 4.74 Å². The van der Waals surface area contributed by atoms with Crippen LogP contribution in [-0.4, -0.2) is 43.6 Å². The zero-order valence-electron chi connectivity index (χ0n) is 12.1. The van der Waals surface area contributed by atoms with Gasteiger partial charge in [-0.15, -0.1) is 0 Å². The van der Waals surface area contributed by atoms with Gasteiger partial charge in [0.25, 0.3) is 5.91 Å². The number of hydrogen-bond acceptors (Lipinski definition) is 3. The summed E-state index contributed by atoms with van der Waals surface area (Å²) in [6, 6.07) is 7.56. The molecular formula is C16H21BrN2O2. The molecule has 1 N–H and O–H groups in total. The first kappa shape index (κ1) is 14.9. The molecule has 1 aromatic carbocycles. The Morgan fingerprint density at radius 1 is 1.24 bits per heavy atom. The van der Waals surface area contributed by atoms with E-state index in [-0.39, 0.29) is 12.5 Å². The standard InChI is InChI=1S/C16H21BrN2O2/c17-13-1-3-14(4-2-13)21-11-15(20)19-9-6-16(7-10-19)5-8-18-12-16/h1-4,18H,5-12H2. The Balaban J connectivity index is 1.47. The predicted octanol–water partition coefficient (Wildman–Crippen LogP) is 2.43. The van der Waals surface area contributed by atoms with Crippen molar-refractivity contribution in [3.63, 3.8) is 0 Å². The van der Waals surface area contributed by atoms with E-state index in [0.717, 1.165) is 49.2 Å². The molecule has 1 aromatic rings. The largest absolute Gasteiger partial charge is 0.484 e. The Bertz CT molecular complexity index is 488. The van der Waals surface area contributed by atoms with Crippen molar-refractivity contribution < 1.29 is 9.53 Å². The minimum Gasteiger partial charge on any atom is -0.484 e. The molecule has 0 saturated carbocycles. The molecule has 2 heterocycles. The number of carbonyl (C=O) groups is 1. The van der Waals surface area contributed by atoms with E-state index >= 15 is 0 Å². The quantitative estimate of drug-likeness (QED) is 0.908. The number of hydrogen-bond donors (Lipinski definition) is 1. The second kappa shape index (κ2) is 6.36. The van der Waals surface area contributed by atoms with Crippen LogP contribution in [0.1, 0.15) is 19.3 Å². The first-order chi connectivity index (χ1) is 10.2. The lowest BCUT2D eigenvalue weighted by Crippen LogP contribution is -2.45. The molecule has 0 bridgehead atoms. The summed E-state index contributed by atoms with van der Waals surface area (Å²) in [4.78, 5) is 14.2. The smallest absolute Gasteiger partial charge is 0.260 e. The van der Waals surface area contributed by atoms with Crippen LogP contribution in [0.25, 0.3) is 0 Å². The molecular weight excluding hydrogens is 332 g/mol. The van der Waals surface area contributed by atoms with E-state index in [1.165, 1.54) is 6.42 Å². The second-order valence-corrected chi connectivity index (χ2v) is 6.97. The first-order valence-corrected chi connectivity index (χ1v) is 8.33. The molecule has 0 aliphatic carbocycles. The molecule has 2 fully saturated rings. The number of nitrogens with one attached hydrogen (secondary N) is 1. The van der Waals surface area contributed by atoms with Crippen molar-refractivity contribution in [1.82, 2.24) is 10.2 Å². The summed E-state index contributed by atoms with van der Waals surface area (Å²) in [6.07, 6.45) is 3.48. The lowest BCUT2D eigenvalue weighted by atomic mass is 9.78. The van der Waals surface area contributed by atoms with Gasteiger partial charge in [-0.25, -0.2) is 0 Å². The summed E-state index contributed by atoms with van der Waals surface area (Å²) in [5, 5.41) is 3.45. The molecule has 1 spiro atoms. The van der Waals surface area contributed by atoms with Crippen LogP contribution in [0.5, 0.6) is 5.75 Å². The minimum absolute atomic E-state index is 0.0960. The number of ether oxygens (including phenoxy) is 1. The Morgan fingerprint density at radius 2 is 1.95 bits per heavy atom. The van der Waals surface area contributed by atoms with Gasteiger partial charge in [-0.2, -0.15) is 0 Å². The number of halogens is 1. The fraction of sp³-hybridized carbons (Fsp3) is 0.562. The molecule has 0 unspecified atom stereocenters. The van der Waals surface area contributed by atoms with E-state index in [1.807, 2.05) is 29.2 Å². The maximum absolute atomic E-state index is 12.2. The molecule has 3 rings (SSSR count). The van der Waals surface area contributed by atoms with Gasteiger partial charge in [0.05, 0.1) is 0 Å². The van der Waals surface area contributed by atoms with Crippen molar-refractivity contribution in [3.05, 3.63) is 28.7 Å². The number of rotatable bonds is 3. The van der Waals surface area contributed by atoms with Crippen molar-refractivity contribution in [3.8, 4) is 5.75 Å². The van der Waals surface area contributed by atoms with E-state index < -0.39 is 0 Å². The Kier molecular flexibility index (Phi) is 4.50. The maximum Gasteiger partial charge on any atom is 0.260 e. The van der Waals surface area contributed by atoms with Crippen LogP contribution in [0.4, 0.5) is 0 Å². The molecule has 0 radical (unpaired) electrons. The van der Waals surface area contributed by atoms with Crippen LogP contribution in [0.3, 0.4) is 0 Å². The minimum atomic E-state index is 0.0960. The first-order valence-electron chi connectivity index (χ1n) is 7.54. The van der Waals surface area contributed by atoms with Crippen molar-refractivity contribution in [2.45, 2.75) is 19.3 Å². The highest BCUT2D eigenvalue weighted by atomic mass is 79.9. The van der Waals surface area contributed by atoms with Crippen LogP contribution in [-0.2, 0) is 4.79 Å². The van der Waals surface area contributed by atoms with Crippen LogP contribution >= 0.6 is 15.9 Å². The van der Waals surface area contributed by atoms with Gasteiger partial charge < -0.3 is 15.0 Å². The average molecular weight is 353 g/mol. The van der Waals surface area contributed by atoms with E-state index in [9.17, 15) is 4.79 Å². The monoisotopic (exact) mass is 352 g/mol. The normalized spacial score (nSPS) is 20.7. The Morgan fingerprint density at radius 3 is 2.57 bits per heavy atom. The molecule has 5 heteroatoms. The van der Waals surface area contributed by atoms with Gasteiger partial charge in [0.15, 0.2) is 6.61 Å². The van der Waals surface area contributed by atoms with Crippen molar-refractivity contribution in [2.75, 3.05) is 32.8 Å². The molecule has 2 aliphatic rings. The zero-order chi connectivity index (χ0) is 14.7. The SMILES string of the molecule is O=C(COc1ccc(Br)cc1)N1CCC2(CCNC2)CC1. The number of piperidine rings is 1. The van der Waals surface area contributed by atoms with Crippen molar-refractivity contribution in [2.24, 2.45) is 5.41 Å². The van der Waals surface area contributed by atoms with Gasteiger partial charge >= 0.3 is 0 Å². The number of benzene rings is 1. The van der Waals surface area contributed by atoms with Crippen LogP contribution in [0.2, 0.25) is 0 Å². The number of likely N-dealkylation sites (tertiary alicyclic amines) is 1. The fourth-order valence-corrected chi connectivity index (χ4v) is 3.48. The topological polar surface area (TPSA) is 41.6 Å². The molecule has 114 valence electrons. The van der Waals surface area contributed by atoms with Gasteiger partial charge in [0, 0.05) is 24.1 Å². The molecule has 0 aromatic heterocycles. The number of amides is 1. The molecule has 4 nitrogen and oxygen atoms in total. The summed E-state index contributed by atoms with van der Waals surface area (Å²) in [5.74, 6) is 0.832. The van der Waals surface area contributed by atoms with Gasteiger partial charge in [-0.3, -0.25) is 4.79 Å². The summed E-state index contributed by atoms with van der Waals surface area (Å²) in [7, 11) is 0. The van der Waals surface area contributed by atoms with Crippen molar-refractivity contribution in [1.29, 1.82) is 0 Å². The number of nitrogens with zero attached hydrogens (tertiary/aromatic N) is 1. The Hall–Kier alpha value is -1.07. The van der Waals surface area contributed by atoms with Crippen LogP contribution in [0, 0.1) is 5.41 Å². The van der Waals surface area contributed by atoms with Gasteiger partial charge in [-0.1, -0.05) is 15.9 Å². The molecule has 21 heavy (non-hydrogen) atoms. The summed E-state index contributed by atoms with van der Waals surface area (Å²) in [5.41, 5.74) is 0.448. The van der Waals surface area contributed by atoms with E-state index in [0.29, 0.717) is 5.41 Å². The molecule has 0 atom stereocenters. The van der Waals surface area contributed by atoms with E-state index in [1.54, 1.807) is 0 Å². The third-order valence-electron chi connectivity index (χ3n) is 4.68. The highest BCUT2D eigenvalue weighted by molar-refractivity contribution is 9.10. The maximum atomic E-state index is 12.2. The lowest BCUT2D eigenvalue weighted by Gasteiger charge is -2.38. The van der Waals surface area contributed by atoms with Gasteiger partial charge in [0.2, 0.25) is 0 Å². The van der Waals surface area contributed by atoms with E-state index in [2.05, 4.69) is 21.2 Å². The molecule has 1 amide bonds. The highest BCUT2D eigenvalue weighted by Gasteiger charge is 2.37. The van der Waals surface area contributed by atoms with Crippen LogP contribution in [0.15, 0.2) is 28.7 Å². The second-order valence-electron chi connectivity index (χ2n) is 6.05. The lowest BCUT2D eigenvalue weighted by molar-refractivity contribution is -0.135. The van der Waals surface area contributed by atoms with Gasteiger partial charge in [0.1, 0.15) is 5.75 Å². The average Bonchev–Trinajstić information content (AvgIpc) is 2.95. The summed E-state index contributed by atoms with van der Waals surface area (Å²) >= 11 is 3.38. The number of carbonyl (C=O) groups excluding carboxylic acids is 1. The Labute approximate surface area is 134 Å². The summed E-state index contributed by atoms with van der Waals surface area (Å²) < 4.78 is 6.58. The third-order valence-corrected chi connectivity index (χ3v) is 5.21. The van der Waals surface area contributed by atoms with Gasteiger partial charge in [-0.05, 0) is 55.5 Å².